The van der Waals surface area contributed by atoms with Gasteiger partial charge in [0.2, 0.25) is 5.91 Å². The van der Waals surface area contributed by atoms with Gasteiger partial charge < -0.3 is 14.5 Å². The number of ether oxygens (including phenoxy) is 1. The standard InChI is InChI=1S/C18H21NO3/c1-9-5-13-10(2)15(22-16(13)14(6-9)21-4)11(3)19-17(20)18-7-12(18)8-18/h5-6,11-12H,7-8H2,1-4H3,(H,19,20). The summed E-state index contributed by atoms with van der Waals surface area (Å²) < 4.78 is 11.5. The van der Waals surface area contributed by atoms with Crippen molar-refractivity contribution in [2.45, 2.75) is 39.7 Å². The quantitative estimate of drug-likeness (QED) is 0.937. The first-order valence-corrected chi connectivity index (χ1v) is 7.85. The highest BCUT2D eigenvalue weighted by Crippen LogP contribution is 2.75. The Morgan fingerprint density at radius 3 is 2.68 bits per heavy atom. The number of benzene rings is 1. The first-order chi connectivity index (χ1) is 10.5. The van der Waals surface area contributed by atoms with E-state index in [4.69, 9.17) is 9.15 Å². The van der Waals surface area contributed by atoms with E-state index >= 15 is 0 Å². The molecule has 1 atom stereocenters. The number of carbonyl (C=O) groups excluding carboxylic acids is 1. The average molecular weight is 299 g/mol. The van der Waals surface area contributed by atoms with Gasteiger partial charge in [-0.05, 0) is 57.2 Å². The molecule has 22 heavy (non-hydrogen) atoms. The zero-order valence-electron chi connectivity index (χ0n) is 13.4. The lowest BCUT2D eigenvalue weighted by molar-refractivity contribution is -0.125. The molecule has 0 radical (unpaired) electrons. The van der Waals surface area contributed by atoms with Gasteiger partial charge in [0, 0.05) is 10.9 Å². The number of nitrogens with one attached hydrogen (secondary N) is 1. The summed E-state index contributed by atoms with van der Waals surface area (Å²) in [6.45, 7) is 6.06. The van der Waals surface area contributed by atoms with Gasteiger partial charge in [-0.2, -0.15) is 0 Å². The Bertz CT molecular complexity index is 783. The Labute approximate surface area is 129 Å². The molecule has 4 heteroatoms. The number of methoxy groups -OCH3 is 1. The number of carbonyl (C=O) groups is 1. The SMILES string of the molecule is COc1cc(C)cc2c(C)c(C(C)NC(=O)C34CC3C4)oc12. The Kier molecular flexibility index (Phi) is 2.66. The monoisotopic (exact) mass is 299 g/mol. The molecule has 2 fully saturated rings. The first-order valence-electron chi connectivity index (χ1n) is 7.85. The van der Waals surface area contributed by atoms with Crippen LogP contribution in [0, 0.1) is 25.2 Å². The maximum absolute atomic E-state index is 12.3. The fourth-order valence-corrected chi connectivity index (χ4v) is 3.49. The van der Waals surface area contributed by atoms with Gasteiger partial charge in [-0.15, -0.1) is 0 Å². The fourth-order valence-electron chi connectivity index (χ4n) is 3.49. The fraction of sp³-hybridized carbons (Fsp3) is 0.500. The second-order valence-electron chi connectivity index (χ2n) is 6.89. The summed E-state index contributed by atoms with van der Waals surface area (Å²) in [4.78, 5) is 12.3. The largest absolute Gasteiger partial charge is 0.493 e. The number of aryl methyl sites for hydroxylation is 2. The number of furan rings is 1. The van der Waals surface area contributed by atoms with Gasteiger partial charge in [0.15, 0.2) is 11.3 Å². The van der Waals surface area contributed by atoms with Crippen molar-refractivity contribution in [2.24, 2.45) is 11.3 Å². The summed E-state index contributed by atoms with van der Waals surface area (Å²) in [6, 6.07) is 3.95. The predicted molar refractivity (Wildman–Crippen MR) is 84.0 cm³/mol. The highest BCUT2D eigenvalue weighted by molar-refractivity contribution is 5.91. The van der Waals surface area contributed by atoms with Crippen molar-refractivity contribution in [3.63, 3.8) is 0 Å². The molecule has 4 nitrogen and oxygen atoms in total. The summed E-state index contributed by atoms with van der Waals surface area (Å²) in [5.41, 5.74) is 2.96. The molecule has 0 saturated heterocycles. The molecule has 1 aromatic carbocycles. The molecular weight excluding hydrogens is 278 g/mol. The van der Waals surface area contributed by atoms with Crippen LogP contribution in [0.15, 0.2) is 16.5 Å². The summed E-state index contributed by atoms with van der Waals surface area (Å²) in [6.07, 6.45) is 2.13. The molecule has 1 amide bonds. The third-order valence-electron chi connectivity index (χ3n) is 5.28. The second-order valence-corrected chi connectivity index (χ2v) is 6.89. The maximum Gasteiger partial charge on any atom is 0.227 e. The molecule has 2 saturated carbocycles. The van der Waals surface area contributed by atoms with E-state index in [0.717, 1.165) is 46.4 Å². The van der Waals surface area contributed by atoms with E-state index in [2.05, 4.69) is 11.4 Å². The van der Waals surface area contributed by atoms with Crippen LogP contribution < -0.4 is 10.1 Å². The van der Waals surface area contributed by atoms with Crippen LogP contribution in [-0.4, -0.2) is 13.0 Å². The minimum absolute atomic E-state index is 0.0115. The van der Waals surface area contributed by atoms with Gasteiger partial charge in [-0.3, -0.25) is 4.79 Å². The van der Waals surface area contributed by atoms with Gasteiger partial charge in [0.25, 0.3) is 0 Å². The van der Waals surface area contributed by atoms with Gasteiger partial charge in [0.1, 0.15) is 5.76 Å². The molecule has 4 rings (SSSR count). The molecule has 1 aromatic heterocycles. The average Bonchev–Trinajstić information content (AvgIpc) is 3.31. The molecule has 1 unspecified atom stereocenters. The van der Waals surface area contributed by atoms with Gasteiger partial charge in [-0.1, -0.05) is 0 Å². The van der Waals surface area contributed by atoms with Crippen LogP contribution in [0.3, 0.4) is 0 Å². The molecule has 2 aliphatic rings. The highest BCUT2D eigenvalue weighted by Gasteiger charge is 2.74. The third-order valence-corrected chi connectivity index (χ3v) is 5.28. The van der Waals surface area contributed by atoms with Crippen LogP contribution >= 0.6 is 0 Å². The molecule has 0 spiro atoms. The van der Waals surface area contributed by atoms with E-state index in [-0.39, 0.29) is 17.4 Å². The molecule has 116 valence electrons. The number of hydrogen-bond donors (Lipinski definition) is 1. The number of rotatable bonds is 4. The molecule has 1 heterocycles. The molecule has 0 aliphatic heterocycles. The smallest absolute Gasteiger partial charge is 0.227 e. The molecule has 2 aliphatic carbocycles. The van der Waals surface area contributed by atoms with Crippen molar-refractivity contribution in [3.8, 4) is 5.75 Å². The second kappa shape index (κ2) is 4.28. The molecule has 0 bridgehead atoms. The van der Waals surface area contributed by atoms with E-state index in [1.54, 1.807) is 7.11 Å². The van der Waals surface area contributed by atoms with Crippen molar-refractivity contribution in [2.75, 3.05) is 7.11 Å². The Morgan fingerprint density at radius 1 is 1.41 bits per heavy atom. The molecule has 2 aromatic rings. The lowest BCUT2D eigenvalue weighted by Gasteiger charge is -2.13. The van der Waals surface area contributed by atoms with E-state index < -0.39 is 0 Å². The summed E-state index contributed by atoms with van der Waals surface area (Å²) >= 11 is 0. The zero-order chi connectivity index (χ0) is 15.6. The van der Waals surface area contributed by atoms with Crippen molar-refractivity contribution in [1.29, 1.82) is 0 Å². The summed E-state index contributed by atoms with van der Waals surface area (Å²) in [5.74, 6) is 2.40. The van der Waals surface area contributed by atoms with Crippen molar-refractivity contribution < 1.29 is 13.9 Å². The van der Waals surface area contributed by atoms with Crippen LogP contribution in [0.5, 0.6) is 5.75 Å². The number of amides is 1. The van der Waals surface area contributed by atoms with E-state index in [1.807, 2.05) is 26.8 Å². The van der Waals surface area contributed by atoms with Crippen molar-refractivity contribution in [1.82, 2.24) is 5.32 Å². The highest BCUT2D eigenvalue weighted by atomic mass is 16.5. The van der Waals surface area contributed by atoms with Crippen LogP contribution in [0.1, 0.15) is 42.7 Å². The van der Waals surface area contributed by atoms with Crippen LogP contribution in [0.2, 0.25) is 0 Å². The predicted octanol–water partition coefficient (Wildman–Crippen LogP) is 3.65. The maximum atomic E-state index is 12.3. The summed E-state index contributed by atoms with van der Waals surface area (Å²) in [7, 11) is 1.65. The van der Waals surface area contributed by atoms with E-state index in [1.165, 1.54) is 0 Å². The van der Waals surface area contributed by atoms with E-state index in [9.17, 15) is 4.79 Å². The normalized spacial score (nSPS) is 26.5. The first kappa shape index (κ1) is 13.7. The van der Waals surface area contributed by atoms with Crippen molar-refractivity contribution in [3.05, 3.63) is 29.0 Å². The van der Waals surface area contributed by atoms with Gasteiger partial charge in [-0.25, -0.2) is 0 Å². The number of hydrogen-bond acceptors (Lipinski definition) is 3. The van der Waals surface area contributed by atoms with E-state index in [0.29, 0.717) is 5.92 Å². The van der Waals surface area contributed by atoms with Gasteiger partial charge >= 0.3 is 0 Å². The van der Waals surface area contributed by atoms with Crippen LogP contribution in [0.4, 0.5) is 0 Å². The third kappa shape index (κ3) is 1.79. The molecule has 1 N–H and O–H groups in total. The molecular formula is C18H21NO3. The summed E-state index contributed by atoms with van der Waals surface area (Å²) in [5, 5.41) is 4.18. The zero-order valence-corrected chi connectivity index (χ0v) is 13.4. The lowest BCUT2D eigenvalue weighted by atomic mass is 10.1. The van der Waals surface area contributed by atoms with Gasteiger partial charge in [0.05, 0.1) is 18.6 Å². The topological polar surface area (TPSA) is 51.5 Å². The Hall–Kier alpha value is -1.97. The Balaban J connectivity index is 1.68. The van der Waals surface area contributed by atoms with Crippen LogP contribution in [0.25, 0.3) is 11.0 Å². The lowest BCUT2D eigenvalue weighted by Crippen LogP contribution is -2.30. The minimum atomic E-state index is -0.124. The van der Waals surface area contributed by atoms with Crippen LogP contribution in [-0.2, 0) is 4.79 Å². The van der Waals surface area contributed by atoms with Crippen molar-refractivity contribution >= 4 is 16.9 Å². The minimum Gasteiger partial charge on any atom is -0.493 e. The number of fused-ring (bicyclic) bond motifs is 2. The Morgan fingerprint density at radius 2 is 2.09 bits per heavy atom.